The number of ether oxygens (including phenoxy) is 1. The Balaban J connectivity index is 3.42. The maximum absolute atomic E-state index is 11.3. The predicted octanol–water partition coefficient (Wildman–Crippen LogP) is 2.02. The first-order valence-electron chi connectivity index (χ1n) is 4.25. The first-order valence-corrected chi connectivity index (χ1v) is 4.25. The van der Waals surface area contributed by atoms with Crippen molar-refractivity contribution >= 4 is 12.1 Å². The number of aryl methyl sites for hydroxylation is 1. The molecule has 0 N–H and O–H groups in total. The monoisotopic (exact) mass is 192 g/mol. The average molecular weight is 192 g/mol. The van der Waals surface area contributed by atoms with Crippen LogP contribution >= 0.6 is 0 Å². The Hall–Kier alpha value is -1.64. The minimum Gasteiger partial charge on any atom is -0.496 e. The van der Waals surface area contributed by atoms with Gasteiger partial charge in [0, 0.05) is 5.56 Å². The molecule has 1 aromatic carbocycles. The molecule has 0 aliphatic carbocycles. The number of methoxy groups -OCH3 is 1. The standard InChI is InChI=1S/C11H12O3/c1-7-4-9(6-12)5-10(14-3)11(7)8(2)13/h4-6H,1-3H3. The highest BCUT2D eigenvalue weighted by atomic mass is 16.5. The number of carbonyl (C=O) groups excluding carboxylic acids is 2. The van der Waals surface area contributed by atoms with Crippen LogP contribution < -0.4 is 4.74 Å². The van der Waals surface area contributed by atoms with Crippen LogP contribution in [0.15, 0.2) is 12.1 Å². The van der Waals surface area contributed by atoms with Crippen LogP contribution in [-0.2, 0) is 0 Å². The minimum absolute atomic E-state index is 0.0585. The second-order valence-electron chi connectivity index (χ2n) is 3.09. The highest BCUT2D eigenvalue weighted by Crippen LogP contribution is 2.24. The van der Waals surface area contributed by atoms with E-state index in [0.29, 0.717) is 16.9 Å². The summed E-state index contributed by atoms with van der Waals surface area (Å²) in [6, 6.07) is 3.24. The molecule has 0 aromatic heterocycles. The van der Waals surface area contributed by atoms with Gasteiger partial charge in [0.25, 0.3) is 0 Å². The molecule has 0 atom stereocenters. The van der Waals surface area contributed by atoms with Crippen LogP contribution in [-0.4, -0.2) is 19.2 Å². The van der Waals surface area contributed by atoms with E-state index in [1.54, 1.807) is 19.1 Å². The molecule has 0 saturated heterocycles. The first kappa shape index (κ1) is 10.4. The molecule has 0 aliphatic rings. The molecule has 0 spiro atoms. The summed E-state index contributed by atoms with van der Waals surface area (Å²) in [5, 5.41) is 0. The lowest BCUT2D eigenvalue weighted by Crippen LogP contribution is -2.02. The summed E-state index contributed by atoms with van der Waals surface area (Å²) in [5.41, 5.74) is 1.82. The van der Waals surface area contributed by atoms with Crippen molar-refractivity contribution in [2.75, 3.05) is 7.11 Å². The van der Waals surface area contributed by atoms with E-state index >= 15 is 0 Å². The minimum atomic E-state index is -0.0585. The quantitative estimate of drug-likeness (QED) is 0.543. The van der Waals surface area contributed by atoms with E-state index in [0.717, 1.165) is 11.8 Å². The second-order valence-corrected chi connectivity index (χ2v) is 3.09. The van der Waals surface area contributed by atoms with Crippen LogP contribution in [0.25, 0.3) is 0 Å². The van der Waals surface area contributed by atoms with E-state index in [-0.39, 0.29) is 5.78 Å². The van der Waals surface area contributed by atoms with Crippen molar-refractivity contribution in [3.63, 3.8) is 0 Å². The van der Waals surface area contributed by atoms with E-state index < -0.39 is 0 Å². The third-order valence-electron chi connectivity index (χ3n) is 2.03. The Morgan fingerprint density at radius 2 is 2.07 bits per heavy atom. The van der Waals surface area contributed by atoms with Gasteiger partial charge in [0.15, 0.2) is 5.78 Å². The molecule has 0 amide bonds. The van der Waals surface area contributed by atoms with E-state index in [1.807, 2.05) is 0 Å². The highest BCUT2D eigenvalue weighted by molar-refractivity contribution is 5.99. The molecule has 3 heteroatoms. The zero-order chi connectivity index (χ0) is 10.7. The van der Waals surface area contributed by atoms with Crippen molar-refractivity contribution in [2.24, 2.45) is 0 Å². The molecule has 1 aromatic rings. The first-order chi connectivity index (χ1) is 6.60. The van der Waals surface area contributed by atoms with E-state index in [1.165, 1.54) is 14.0 Å². The van der Waals surface area contributed by atoms with Crippen LogP contribution in [0.3, 0.4) is 0 Å². The van der Waals surface area contributed by atoms with Gasteiger partial charge in [-0.1, -0.05) is 0 Å². The molecule has 0 bridgehead atoms. The summed E-state index contributed by atoms with van der Waals surface area (Å²) in [6.45, 7) is 3.26. The summed E-state index contributed by atoms with van der Waals surface area (Å²) >= 11 is 0. The van der Waals surface area contributed by atoms with Gasteiger partial charge in [-0.2, -0.15) is 0 Å². The third kappa shape index (κ3) is 1.82. The summed E-state index contributed by atoms with van der Waals surface area (Å²) in [6.07, 6.45) is 0.736. The van der Waals surface area contributed by atoms with Crippen LogP contribution in [0.2, 0.25) is 0 Å². The smallest absolute Gasteiger partial charge is 0.163 e. The van der Waals surface area contributed by atoms with E-state index in [4.69, 9.17) is 4.74 Å². The van der Waals surface area contributed by atoms with Crippen LogP contribution in [0.4, 0.5) is 0 Å². The molecule has 0 saturated carbocycles. The Labute approximate surface area is 82.7 Å². The van der Waals surface area contributed by atoms with Gasteiger partial charge < -0.3 is 4.74 Å². The molecule has 14 heavy (non-hydrogen) atoms. The lowest BCUT2D eigenvalue weighted by atomic mass is 10.0. The zero-order valence-electron chi connectivity index (χ0n) is 8.46. The molecule has 74 valence electrons. The number of Topliss-reactive ketones (excluding diaryl/α,β-unsaturated/α-hetero) is 1. The molecular weight excluding hydrogens is 180 g/mol. The zero-order valence-corrected chi connectivity index (χ0v) is 8.46. The molecular formula is C11H12O3. The van der Waals surface area contributed by atoms with Crippen molar-refractivity contribution < 1.29 is 14.3 Å². The Morgan fingerprint density at radius 1 is 1.43 bits per heavy atom. The fourth-order valence-electron chi connectivity index (χ4n) is 1.46. The number of hydrogen-bond acceptors (Lipinski definition) is 3. The lowest BCUT2D eigenvalue weighted by molar-refractivity contribution is 0.101. The molecule has 1 rings (SSSR count). The Kier molecular flexibility index (Phi) is 3.02. The van der Waals surface area contributed by atoms with Crippen LogP contribution in [0, 0.1) is 6.92 Å². The molecule has 3 nitrogen and oxygen atoms in total. The number of rotatable bonds is 3. The fourth-order valence-corrected chi connectivity index (χ4v) is 1.46. The van der Waals surface area contributed by atoms with Gasteiger partial charge >= 0.3 is 0 Å². The highest BCUT2D eigenvalue weighted by Gasteiger charge is 2.12. The van der Waals surface area contributed by atoms with Crippen molar-refractivity contribution in [1.29, 1.82) is 0 Å². The maximum atomic E-state index is 11.3. The Morgan fingerprint density at radius 3 is 2.50 bits per heavy atom. The topological polar surface area (TPSA) is 43.4 Å². The van der Waals surface area contributed by atoms with Crippen molar-refractivity contribution in [2.45, 2.75) is 13.8 Å². The molecule has 0 unspecified atom stereocenters. The van der Waals surface area contributed by atoms with Crippen molar-refractivity contribution in [3.05, 3.63) is 28.8 Å². The summed E-state index contributed by atoms with van der Waals surface area (Å²) in [7, 11) is 1.48. The molecule has 0 fully saturated rings. The van der Waals surface area contributed by atoms with Gasteiger partial charge in [-0.25, -0.2) is 0 Å². The summed E-state index contributed by atoms with van der Waals surface area (Å²) in [4.78, 5) is 21.8. The molecule has 0 heterocycles. The van der Waals surface area contributed by atoms with E-state index in [2.05, 4.69) is 0 Å². The number of carbonyl (C=O) groups is 2. The fraction of sp³-hybridized carbons (Fsp3) is 0.273. The largest absolute Gasteiger partial charge is 0.496 e. The summed E-state index contributed by atoms with van der Waals surface area (Å²) < 4.78 is 5.05. The van der Waals surface area contributed by atoms with Crippen molar-refractivity contribution in [3.8, 4) is 5.75 Å². The Bertz CT molecular complexity index is 380. The van der Waals surface area contributed by atoms with Gasteiger partial charge in [-0.3, -0.25) is 9.59 Å². The van der Waals surface area contributed by atoms with Gasteiger partial charge in [0.05, 0.1) is 12.7 Å². The van der Waals surface area contributed by atoms with Crippen LogP contribution in [0.5, 0.6) is 5.75 Å². The number of hydrogen-bond donors (Lipinski definition) is 0. The predicted molar refractivity (Wildman–Crippen MR) is 53.1 cm³/mol. The molecule has 0 radical (unpaired) electrons. The summed E-state index contributed by atoms with van der Waals surface area (Å²) in [5.74, 6) is 0.399. The SMILES string of the molecule is COc1cc(C=O)cc(C)c1C(C)=O. The number of ketones is 1. The second kappa shape index (κ2) is 4.05. The average Bonchev–Trinajstić information content (AvgIpc) is 2.15. The number of aldehydes is 1. The normalized spacial score (nSPS) is 9.64. The van der Waals surface area contributed by atoms with Gasteiger partial charge in [-0.05, 0) is 31.5 Å². The van der Waals surface area contributed by atoms with Crippen molar-refractivity contribution in [1.82, 2.24) is 0 Å². The molecule has 0 aliphatic heterocycles. The van der Waals surface area contributed by atoms with E-state index in [9.17, 15) is 9.59 Å². The maximum Gasteiger partial charge on any atom is 0.163 e. The van der Waals surface area contributed by atoms with Gasteiger partial charge in [0.2, 0.25) is 0 Å². The lowest BCUT2D eigenvalue weighted by Gasteiger charge is -2.09. The number of benzene rings is 1. The third-order valence-corrected chi connectivity index (χ3v) is 2.03. The van der Waals surface area contributed by atoms with Crippen LogP contribution in [0.1, 0.15) is 33.2 Å². The van der Waals surface area contributed by atoms with Gasteiger partial charge in [0.1, 0.15) is 12.0 Å². The van der Waals surface area contributed by atoms with Gasteiger partial charge in [-0.15, -0.1) is 0 Å².